The topological polar surface area (TPSA) is 70.1 Å². The number of carbonyl (C=O) groups excluding carboxylic acids is 1. The van der Waals surface area contributed by atoms with Gasteiger partial charge in [0.25, 0.3) is 0 Å². The van der Waals surface area contributed by atoms with Crippen LogP contribution in [0.4, 0.5) is 13.2 Å². The number of likely N-dealkylation sites (tertiary alicyclic amines) is 2. The van der Waals surface area contributed by atoms with Crippen LogP contribution >= 0.6 is 0 Å². The Kier molecular flexibility index (Phi) is 8.75. The van der Waals surface area contributed by atoms with Gasteiger partial charge in [-0.25, -0.2) is 4.79 Å². The Hall–Kier alpha value is -1.35. The van der Waals surface area contributed by atoms with Crippen LogP contribution in [0.15, 0.2) is 0 Å². The molecule has 3 aliphatic rings. The van der Waals surface area contributed by atoms with Gasteiger partial charge in [0.1, 0.15) is 0 Å². The van der Waals surface area contributed by atoms with Crippen molar-refractivity contribution >= 4 is 11.9 Å². The quantitative estimate of drug-likeness (QED) is 0.736. The molecule has 0 bridgehead atoms. The number of nitrogens with zero attached hydrogens (tertiary/aromatic N) is 2. The molecule has 3 fully saturated rings. The van der Waals surface area contributed by atoms with Gasteiger partial charge in [0, 0.05) is 38.7 Å². The number of halogens is 3. The highest BCUT2D eigenvalue weighted by atomic mass is 19.4. The highest BCUT2D eigenvalue weighted by Crippen LogP contribution is 2.38. The molecule has 168 valence electrons. The number of alkyl halides is 3. The number of rotatable bonds is 5. The van der Waals surface area contributed by atoms with E-state index in [1.807, 2.05) is 0 Å². The van der Waals surface area contributed by atoms with Crippen molar-refractivity contribution in [3.8, 4) is 0 Å². The monoisotopic (exact) mass is 422 g/mol. The van der Waals surface area contributed by atoms with Crippen LogP contribution in [0, 0.1) is 5.92 Å². The largest absolute Gasteiger partial charge is 0.490 e. The van der Waals surface area contributed by atoms with E-state index < -0.39 is 12.1 Å². The predicted molar refractivity (Wildman–Crippen MR) is 101 cm³/mol. The van der Waals surface area contributed by atoms with Crippen LogP contribution in [0.25, 0.3) is 0 Å². The molecule has 0 aromatic carbocycles. The molecule has 6 nitrogen and oxygen atoms in total. The van der Waals surface area contributed by atoms with Gasteiger partial charge in [0.05, 0.1) is 6.61 Å². The van der Waals surface area contributed by atoms with Gasteiger partial charge in [-0.15, -0.1) is 0 Å². The Morgan fingerprint density at radius 1 is 1.07 bits per heavy atom. The van der Waals surface area contributed by atoms with Crippen molar-refractivity contribution in [2.45, 2.75) is 69.5 Å². The van der Waals surface area contributed by atoms with Crippen molar-refractivity contribution < 1.29 is 32.6 Å². The number of aliphatic carboxylic acids is 1. The summed E-state index contributed by atoms with van der Waals surface area (Å²) < 4.78 is 37.0. The minimum Gasteiger partial charge on any atom is -0.475 e. The lowest BCUT2D eigenvalue weighted by atomic mass is 9.84. The number of hydrogen-bond acceptors (Lipinski definition) is 4. The first-order valence-corrected chi connectivity index (χ1v) is 10.5. The Balaban J connectivity index is 0.000000370. The van der Waals surface area contributed by atoms with Crippen molar-refractivity contribution in [2.75, 3.05) is 39.9 Å². The van der Waals surface area contributed by atoms with Crippen LogP contribution in [0.2, 0.25) is 0 Å². The summed E-state index contributed by atoms with van der Waals surface area (Å²) in [6.45, 7) is 5.02. The Morgan fingerprint density at radius 2 is 1.66 bits per heavy atom. The molecule has 0 aromatic heterocycles. The van der Waals surface area contributed by atoms with Crippen molar-refractivity contribution in [2.24, 2.45) is 5.92 Å². The van der Waals surface area contributed by atoms with Gasteiger partial charge in [-0.1, -0.05) is 12.8 Å². The number of carbonyl (C=O) groups is 2. The number of carboxylic acid groups (broad SMARTS) is 1. The maximum Gasteiger partial charge on any atom is 0.490 e. The van der Waals surface area contributed by atoms with E-state index in [9.17, 15) is 18.0 Å². The molecule has 0 radical (unpaired) electrons. The molecule has 1 amide bonds. The van der Waals surface area contributed by atoms with Crippen LogP contribution in [0.5, 0.6) is 0 Å². The molecule has 1 saturated carbocycles. The fourth-order valence-electron chi connectivity index (χ4n) is 4.87. The molecular formula is C20H33F3N2O4. The summed E-state index contributed by atoms with van der Waals surface area (Å²) in [4.78, 5) is 26.2. The molecule has 1 spiro atoms. The number of ether oxygens (including phenoxy) is 1. The number of carboxylic acids is 1. The van der Waals surface area contributed by atoms with Crippen molar-refractivity contribution in [1.29, 1.82) is 0 Å². The van der Waals surface area contributed by atoms with E-state index in [0.717, 1.165) is 45.5 Å². The summed E-state index contributed by atoms with van der Waals surface area (Å²) in [7, 11) is 1.78. The first-order chi connectivity index (χ1) is 13.7. The normalized spacial score (nSPS) is 22.6. The minimum absolute atomic E-state index is 0.364. The summed E-state index contributed by atoms with van der Waals surface area (Å²) in [5, 5.41) is 7.12. The molecule has 2 saturated heterocycles. The third-order valence-electron chi connectivity index (χ3n) is 6.53. The molecule has 9 heteroatoms. The molecule has 2 aliphatic heterocycles. The third kappa shape index (κ3) is 6.84. The minimum atomic E-state index is -5.08. The maximum atomic E-state index is 12.5. The highest BCUT2D eigenvalue weighted by Gasteiger charge is 2.43. The van der Waals surface area contributed by atoms with Crippen LogP contribution in [0.3, 0.4) is 0 Å². The van der Waals surface area contributed by atoms with E-state index in [2.05, 4.69) is 9.80 Å². The zero-order chi connectivity index (χ0) is 21.5. The summed E-state index contributed by atoms with van der Waals surface area (Å²) in [6, 6.07) is 0. The SMILES string of the molecule is COCCN1CCCC12CCN(C(=O)CC1CCCC1)CC2.O=C(O)C(F)(F)F. The van der Waals surface area contributed by atoms with E-state index in [4.69, 9.17) is 14.6 Å². The second-order valence-corrected chi connectivity index (χ2v) is 8.35. The molecule has 29 heavy (non-hydrogen) atoms. The van der Waals surface area contributed by atoms with Crippen LogP contribution < -0.4 is 0 Å². The molecule has 2 heterocycles. The molecule has 1 N–H and O–H groups in total. The van der Waals surface area contributed by atoms with Crippen molar-refractivity contribution in [1.82, 2.24) is 9.80 Å². The number of piperidine rings is 1. The van der Waals surface area contributed by atoms with Gasteiger partial charge in [-0.2, -0.15) is 13.2 Å². The Bertz CT molecular complexity index is 542. The predicted octanol–water partition coefficient (Wildman–Crippen LogP) is 3.30. The molecule has 0 aromatic rings. The second kappa shape index (κ2) is 10.6. The van der Waals surface area contributed by atoms with E-state index >= 15 is 0 Å². The first kappa shape index (κ1) is 23.9. The Labute approximate surface area is 170 Å². The lowest BCUT2D eigenvalue weighted by Gasteiger charge is -2.45. The van der Waals surface area contributed by atoms with Gasteiger partial charge in [-0.3, -0.25) is 9.69 Å². The van der Waals surface area contributed by atoms with Crippen molar-refractivity contribution in [3.05, 3.63) is 0 Å². The van der Waals surface area contributed by atoms with E-state index in [-0.39, 0.29) is 0 Å². The average molecular weight is 422 g/mol. The van der Waals surface area contributed by atoms with E-state index in [1.165, 1.54) is 45.1 Å². The van der Waals surface area contributed by atoms with Crippen LogP contribution in [0.1, 0.15) is 57.8 Å². The van der Waals surface area contributed by atoms with Gasteiger partial charge >= 0.3 is 12.1 Å². The van der Waals surface area contributed by atoms with Crippen LogP contribution in [-0.4, -0.2) is 78.4 Å². The smallest absolute Gasteiger partial charge is 0.475 e. The van der Waals surface area contributed by atoms with Crippen molar-refractivity contribution in [3.63, 3.8) is 0 Å². The molecule has 3 rings (SSSR count). The maximum absolute atomic E-state index is 12.5. The van der Waals surface area contributed by atoms with Gasteiger partial charge in [-0.05, 0) is 51.0 Å². The summed E-state index contributed by atoms with van der Waals surface area (Å²) in [6.07, 6.45) is 5.86. The summed E-state index contributed by atoms with van der Waals surface area (Å²) in [5.74, 6) is -1.66. The van der Waals surface area contributed by atoms with E-state index in [1.54, 1.807) is 7.11 Å². The summed E-state index contributed by atoms with van der Waals surface area (Å²) in [5.41, 5.74) is 0.364. The van der Waals surface area contributed by atoms with Gasteiger partial charge in [0.2, 0.25) is 5.91 Å². The molecule has 1 aliphatic carbocycles. The number of methoxy groups -OCH3 is 1. The second-order valence-electron chi connectivity index (χ2n) is 8.35. The third-order valence-corrected chi connectivity index (χ3v) is 6.53. The summed E-state index contributed by atoms with van der Waals surface area (Å²) >= 11 is 0. The van der Waals surface area contributed by atoms with Gasteiger partial charge < -0.3 is 14.7 Å². The van der Waals surface area contributed by atoms with Crippen LogP contribution in [-0.2, 0) is 14.3 Å². The zero-order valence-electron chi connectivity index (χ0n) is 17.2. The van der Waals surface area contributed by atoms with Gasteiger partial charge in [0.15, 0.2) is 0 Å². The lowest BCUT2D eigenvalue weighted by Crippen LogP contribution is -2.54. The van der Waals surface area contributed by atoms with E-state index in [0.29, 0.717) is 17.4 Å². The Morgan fingerprint density at radius 3 is 2.17 bits per heavy atom. The molecule has 0 atom stereocenters. The standard InChI is InChI=1S/C18H32N2O2.C2HF3O2/c1-22-14-13-20-10-4-7-18(20)8-11-19(12-9-18)17(21)15-16-5-2-3-6-16;3-2(4,5)1(6)7/h16H,2-15H2,1H3;(H,6,7). The molecule has 0 unspecified atom stereocenters. The average Bonchev–Trinajstić information content (AvgIpc) is 3.30. The number of amides is 1. The lowest BCUT2D eigenvalue weighted by molar-refractivity contribution is -0.192. The first-order valence-electron chi connectivity index (χ1n) is 10.5. The fourth-order valence-corrected chi connectivity index (χ4v) is 4.87. The highest BCUT2D eigenvalue weighted by molar-refractivity contribution is 5.76. The molecular weight excluding hydrogens is 389 g/mol. The number of hydrogen-bond donors (Lipinski definition) is 1. The zero-order valence-corrected chi connectivity index (χ0v) is 17.2. The fraction of sp³-hybridized carbons (Fsp3) is 0.900.